The fourth-order valence-corrected chi connectivity index (χ4v) is 2.22. The molecule has 0 radical (unpaired) electrons. The van der Waals surface area contributed by atoms with E-state index in [2.05, 4.69) is 9.97 Å². The van der Waals surface area contributed by atoms with Crippen LogP contribution in [0.4, 0.5) is 5.82 Å². The van der Waals surface area contributed by atoms with Gasteiger partial charge >= 0.3 is 35.5 Å². The minimum atomic E-state index is -1.04. The number of carboxylic acids is 1. The number of carbonyl (C=O) groups is 1. The summed E-state index contributed by atoms with van der Waals surface area (Å²) in [5, 5.41) is 27.4. The van der Waals surface area contributed by atoms with Crippen LogP contribution in [0.15, 0.2) is 12.5 Å². The van der Waals surface area contributed by atoms with E-state index in [0.717, 1.165) is 0 Å². The Morgan fingerprint density at radius 1 is 1.33 bits per heavy atom. The Bertz CT molecular complexity index is 468. The maximum atomic E-state index is 11.1. The van der Waals surface area contributed by atoms with Crippen LogP contribution in [0.5, 0.6) is 0 Å². The van der Waals surface area contributed by atoms with Crippen molar-refractivity contribution in [1.29, 1.82) is 0 Å². The Balaban J connectivity index is 0.00000220. The van der Waals surface area contributed by atoms with Crippen molar-refractivity contribution in [3.8, 4) is 0 Å². The SMILES string of the molecule is O=C(O)c1cncnc1N1CCN(CC(O)CO)CC1.[NaH]. The quantitative estimate of drug-likeness (QED) is 0.536. The van der Waals surface area contributed by atoms with Crippen LogP contribution >= 0.6 is 0 Å². The first-order valence-corrected chi connectivity index (χ1v) is 6.41. The number of hydrogen-bond donors (Lipinski definition) is 3. The van der Waals surface area contributed by atoms with E-state index in [1.807, 2.05) is 9.80 Å². The molecule has 8 nitrogen and oxygen atoms in total. The molecule has 112 valence electrons. The van der Waals surface area contributed by atoms with Gasteiger partial charge in [-0.15, -0.1) is 0 Å². The van der Waals surface area contributed by atoms with Crippen LogP contribution in [-0.4, -0.2) is 111 Å². The van der Waals surface area contributed by atoms with Crippen LogP contribution in [0.2, 0.25) is 0 Å². The van der Waals surface area contributed by atoms with Gasteiger partial charge < -0.3 is 20.2 Å². The molecule has 1 unspecified atom stereocenters. The Labute approximate surface area is 144 Å². The molecule has 0 aliphatic carbocycles. The summed E-state index contributed by atoms with van der Waals surface area (Å²) in [6, 6.07) is 0. The predicted octanol–water partition coefficient (Wildman–Crippen LogP) is -2.00. The van der Waals surface area contributed by atoms with Gasteiger partial charge in [0.2, 0.25) is 0 Å². The van der Waals surface area contributed by atoms with Gasteiger partial charge in [0.15, 0.2) is 0 Å². The number of aromatic carboxylic acids is 1. The van der Waals surface area contributed by atoms with E-state index >= 15 is 0 Å². The molecule has 1 aliphatic rings. The number of aliphatic hydroxyl groups excluding tert-OH is 2. The van der Waals surface area contributed by atoms with E-state index in [1.54, 1.807) is 0 Å². The first kappa shape index (κ1) is 18.3. The number of nitrogens with zero attached hydrogens (tertiary/aromatic N) is 4. The van der Waals surface area contributed by atoms with E-state index in [-0.39, 0.29) is 41.7 Å². The third-order valence-corrected chi connectivity index (χ3v) is 3.27. The fourth-order valence-electron chi connectivity index (χ4n) is 2.22. The van der Waals surface area contributed by atoms with Crippen LogP contribution in [0, 0.1) is 0 Å². The molecule has 1 saturated heterocycles. The molecule has 1 fully saturated rings. The van der Waals surface area contributed by atoms with Gasteiger partial charge in [-0.2, -0.15) is 0 Å². The van der Waals surface area contributed by atoms with Crippen molar-refractivity contribution in [3.05, 3.63) is 18.1 Å². The molecule has 0 aromatic carbocycles. The average Bonchev–Trinajstić information content (AvgIpc) is 2.48. The number of rotatable bonds is 5. The molecule has 1 aromatic heterocycles. The van der Waals surface area contributed by atoms with Crippen molar-refractivity contribution >= 4 is 41.3 Å². The molecule has 0 saturated carbocycles. The molecule has 0 bridgehead atoms. The monoisotopic (exact) mass is 306 g/mol. The van der Waals surface area contributed by atoms with Crippen LogP contribution in [0.3, 0.4) is 0 Å². The topological polar surface area (TPSA) is 110 Å². The summed E-state index contributed by atoms with van der Waals surface area (Å²) in [6.45, 7) is 2.76. The first-order valence-electron chi connectivity index (χ1n) is 6.41. The van der Waals surface area contributed by atoms with E-state index in [9.17, 15) is 9.90 Å². The van der Waals surface area contributed by atoms with Gasteiger partial charge in [-0.25, -0.2) is 14.8 Å². The predicted molar refractivity (Wildman–Crippen MR) is 77.9 cm³/mol. The average molecular weight is 306 g/mol. The summed E-state index contributed by atoms with van der Waals surface area (Å²) >= 11 is 0. The van der Waals surface area contributed by atoms with Gasteiger partial charge in [-0.05, 0) is 0 Å². The molecule has 1 aliphatic heterocycles. The van der Waals surface area contributed by atoms with Gasteiger partial charge in [0.05, 0.1) is 12.7 Å². The standard InChI is InChI=1S/C12H18N4O4.Na.H/c17-7-9(18)6-15-1-3-16(4-2-15)11-10(12(19)20)5-13-8-14-11;;/h5,8-9,17-18H,1-4,6-7H2,(H,19,20);;. The van der Waals surface area contributed by atoms with Crippen LogP contribution < -0.4 is 4.90 Å². The normalized spacial score (nSPS) is 17.1. The number of aromatic nitrogens is 2. The van der Waals surface area contributed by atoms with Crippen molar-refractivity contribution in [3.63, 3.8) is 0 Å². The van der Waals surface area contributed by atoms with Crippen molar-refractivity contribution < 1.29 is 20.1 Å². The summed E-state index contributed by atoms with van der Waals surface area (Å²) in [4.78, 5) is 22.8. The van der Waals surface area contributed by atoms with Crippen molar-refractivity contribution in [1.82, 2.24) is 14.9 Å². The number of hydrogen-bond acceptors (Lipinski definition) is 7. The van der Waals surface area contributed by atoms with Gasteiger partial charge in [0.25, 0.3) is 0 Å². The van der Waals surface area contributed by atoms with Gasteiger partial charge in [-0.1, -0.05) is 0 Å². The zero-order chi connectivity index (χ0) is 14.5. The molecular formula is C12H19N4NaO4. The number of anilines is 1. The van der Waals surface area contributed by atoms with E-state index in [1.165, 1.54) is 12.5 Å². The van der Waals surface area contributed by atoms with Crippen molar-refractivity contribution in [2.75, 3.05) is 44.2 Å². The third-order valence-electron chi connectivity index (χ3n) is 3.27. The van der Waals surface area contributed by atoms with Crippen LogP contribution in [0.1, 0.15) is 10.4 Å². The molecular weight excluding hydrogens is 287 g/mol. The van der Waals surface area contributed by atoms with Crippen molar-refractivity contribution in [2.45, 2.75) is 6.10 Å². The van der Waals surface area contributed by atoms with Gasteiger partial charge in [0, 0.05) is 38.9 Å². The molecule has 2 rings (SSSR count). The molecule has 0 amide bonds. The Morgan fingerprint density at radius 3 is 2.57 bits per heavy atom. The molecule has 9 heteroatoms. The summed E-state index contributed by atoms with van der Waals surface area (Å²) in [6.07, 6.45) is 1.89. The van der Waals surface area contributed by atoms with Gasteiger partial charge in [-0.3, -0.25) is 4.90 Å². The second-order valence-corrected chi connectivity index (χ2v) is 4.69. The van der Waals surface area contributed by atoms with E-state index in [0.29, 0.717) is 38.5 Å². The number of piperazine rings is 1. The summed E-state index contributed by atoms with van der Waals surface area (Å²) in [5.41, 5.74) is 0.0938. The zero-order valence-electron chi connectivity index (χ0n) is 11.0. The maximum absolute atomic E-state index is 11.1. The Hall–Kier alpha value is -0.770. The summed E-state index contributed by atoms with van der Waals surface area (Å²) < 4.78 is 0. The second kappa shape index (κ2) is 8.62. The molecule has 1 aromatic rings. The van der Waals surface area contributed by atoms with Crippen LogP contribution in [0.25, 0.3) is 0 Å². The number of carboxylic acid groups (broad SMARTS) is 1. The zero-order valence-corrected chi connectivity index (χ0v) is 11.0. The number of β-amino-alcohol motifs (C(OH)–C–C–N with tert-alkyl or cyclic N) is 1. The first-order chi connectivity index (χ1) is 9.61. The third kappa shape index (κ3) is 4.87. The molecule has 3 N–H and O–H groups in total. The second-order valence-electron chi connectivity index (χ2n) is 4.69. The molecule has 21 heavy (non-hydrogen) atoms. The minimum absolute atomic E-state index is 0. The van der Waals surface area contributed by atoms with E-state index in [4.69, 9.17) is 10.2 Å². The molecule has 0 spiro atoms. The fraction of sp³-hybridized carbons (Fsp3) is 0.583. The molecule has 1 atom stereocenters. The Morgan fingerprint density at radius 2 is 2.00 bits per heavy atom. The van der Waals surface area contributed by atoms with E-state index < -0.39 is 12.1 Å². The van der Waals surface area contributed by atoms with Crippen molar-refractivity contribution in [2.24, 2.45) is 0 Å². The van der Waals surface area contributed by atoms with Gasteiger partial charge in [0.1, 0.15) is 17.7 Å². The molecule has 2 heterocycles. The van der Waals surface area contributed by atoms with Crippen LogP contribution in [-0.2, 0) is 0 Å². The summed E-state index contributed by atoms with van der Waals surface area (Å²) in [7, 11) is 0. The Kier molecular flexibility index (Phi) is 7.50. The number of aliphatic hydroxyl groups is 2. The summed E-state index contributed by atoms with van der Waals surface area (Å²) in [5.74, 6) is -0.617.